The maximum atomic E-state index is 10.3. The average molecular weight is 973 g/mol. The zero-order valence-corrected chi connectivity index (χ0v) is 35.9. The van der Waals surface area contributed by atoms with Gasteiger partial charge in [0.2, 0.25) is 0 Å². The Morgan fingerprint density at radius 1 is 0.394 bits per heavy atom. The molecule has 2 unspecified atom stereocenters. The van der Waals surface area contributed by atoms with Crippen LogP contribution in [0.4, 0.5) is 0 Å². The van der Waals surface area contributed by atoms with Gasteiger partial charge in [0.05, 0.1) is 92.5 Å². The molecule has 22 atom stereocenters. The van der Waals surface area contributed by atoms with Gasteiger partial charge in [0.1, 0.15) is 110 Å². The fraction of sp³-hybridized carbons (Fsp3) is 0.947. The van der Waals surface area contributed by atoms with Crippen LogP contribution in [0, 0.1) is 0 Å². The lowest BCUT2D eigenvalue weighted by Crippen LogP contribution is -2.59. The van der Waals surface area contributed by atoms with E-state index in [1.54, 1.807) is 0 Å². The molecule has 4 saturated heterocycles. The average Bonchev–Trinajstić information content (AvgIpc) is 3.30. The largest absolute Gasteiger partial charge is 0.394 e. The van der Waals surface area contributed by atoms with Crippen molar-refractivity contribution in [3.05, 3.63) is 12.2 Å². The second kappa shape index (κ2) is 28.5. The molecule has 0 amide bonds. The molecule has 4 aliphatic heterocycles. The maximum Gasteiger partial charge on any atom is 0.186 e. The fourth-order valence-electron chi connectivity index (χ4n) is 6.86. The van der Waals surface area contributed by atoms with E-state index < -0.39 is 148 Å². The van der Waals surface area contributed by atoms with Crippen LogP contribution in [-0.2, 0) is 56.8 Å². The summed E-state index contributed by atoms with van der Waals surface area (Å²) >= 11 is 0. The van der Waals surface area contributed by atoms with Crippen LogP contribution in [0.3, 0.4) is 0 Å². The van der Waals surface area contributed by atoms with Crippen LogP contribution in [0.5, 0.6) is 0 Å². The Hall–Kier alpha value is -1.38. The van der Waals surface area contributed by atoms with Gasteiger partial charge in [0.25, 0.3) is 0 Å². The Kier molecular flexibility index (Phi) is 24.7. The summed E-state index contributed by atoms with van der Waals surface area (Å²) in [7, 11) is 0. The quantitative estimate of drug-likeness (QED) is 0.0256. The van der Waals surface area contributed by atoms with Crippen molar-refractivity contribution in [1.29, 1.82) is 0 Å². The van der Waals surface area contributed by atoms with E-state index in [2.05, 4.69) is 6.58 Å². The van der Waals surface area contributed by atoms with Crippen molar-refractivity contribution >= 4 is 0 Å². The Balaban J connectivity index is 1.29. The van der Waals surface area contributed by atoms with E-state index in [9.17, 15) is 81.7 Å². The van der Waals surface area contributed by atoms with Gasteiger partial charge < -0.3 is 139 Å². The summed E-state index contributed by atoms with van der Waals surface area (Å²) < 4.78 is 66.3. The molecule has 0 aromatic carbocycles. The predicted octanol–water partition coefficient (Wildman–Crippen LogP) is -10.4. The van der Waals surface area contributed by atoms with Crippen LogP contribution in [0.25, 0.3) is 0 Å². The third kappa shape index (κ3) is 16.3. The summed E-state index contributed by atoms with van der Waals surface area (Å²) in [5.41, 5.74) is 0.347. The van der Waals surface area contributed by atoms with Crippen molar-refractivity contribution in [3.63, 3.8) is 0 Å². The summed E-state index contributed by atoms with van der Waals surface area (Å²) in [6, 6.07) is 0. The van der Waals surface area contributed by atoms with Crippen LogP contribution in [0.1, 0.15) is 0 Å². The minimum atomic E-state index is -1.80. The molecule has 0 aliphatic carbocycles. The number of hydrogen-bond donors (Lipinski definition) is 16. The highest BCUT2D eigenvalue weighted by atomic mass is 16.7. The molecular weight excluding hydrogens is 904 g/mol. The molecule has 0 bridgehead atoms. The molecule has 0 aromatic heterocycles. The lowest BCUT2D eigenvalue weighted by atomic mass is 9.99. The van der Waals surface area contributed by atoms with Gasteiger partial charge in [-0.3, -0.25) is 0 Å². The van der Waals surface area contributed by atoms with Crippen molar-refractivity contribution < 1.29 is 139 Å². The van der Waals surface area contributed by atoms with Crippen molar-refractivity contribution in [2.45, 2.75) is 135 Å². The summed E-state index contributed by atoms with van der Waals surface area (Å²) in [6.07, 6.45) is -33.0. The molecule has 4 aliphatic rings. The van der Waals surface area contributed by atoms with Crippen LogP contribution in [0.15, 0.2) is 12.2 Å². The zero-order chi connectivity index (χ0) is 48.7. The third-order valence-corrected chi connectivity index (χ3v) is 10.9. The second-order valence-electron chi connectivity index (χ2n) is 16.1. The molecule has 4 heterocycles. The summed E-state index contributed by atoms with van der Waals surface area (Å²) in [5, 5.41) is 159. The van der Waals surface area contributed by atoms with E-state index in [1.165, 1.54) is 0 Å². The summed E-state index contributed by atoms with van der Waals surface area (Å²) in [6.45, 7) is 0.101. The van der Waals surface area contributed by atoms with Gasteiger partial charge >= 0.3 is 0 Å². The molecule has 28 heteroatoms. The lowest BCUT2D eigenvalue weighted by Gasteiger charge is -2.39. The molecule has 388 valence electrons. The van der Waals surface area contributed by atoms with Gasteiger partial charge in [-0.1, -0.05) is 6.58 Å². The van der Waals surface area contributed by atoms with Crippen LogP contribution < -0.4 is 0 Å². The maximum absolute atomic E-state index is 10.3. The molecule has 0 aromatic rings. The normalized spacial score (nSPS) is 40.8. The Labute approximate surface area is 378 Å². The van der Waals surface area contributed by atoms with Crippen molar-refractivity contribution in [3.8, 4) is 0 Å². The third-order valence-electron chi connectivity index (χ3n) is 10.9. The number of aliphatic hydroxyl groups excluding tert-OH is 16. The van der Waals surface area contributed by atoms with Gasteiger partial charge in [-0.05, 0) is 5.57 Å². The molecule has 0 spiro atoms. The first-order valence-electron chi connectivity index (χ1n) is 21.2. The minimum absolute atomic E-state index is 0.129. The van der Waals surface area contributed by atoms with Crippen LogP contribution in [-0.4, -0.2) is 309 Å². The molecule has 0 saturated carbocycles. The number of aliphatic hydroxyl groups is 16. The molecule has 0 radical (unpaired) electrons. The van der Waals surface area contributed by atoms with Crippen molar-refractivity contribution in [1.82, 2.24) is 0 Å². The first-order valence-corrected chi connectivity index (χ1v) is 21.2. The monoisotopic (exact) mass is 972 g/mol. The van der Waals surface area contributed by atoms with E-state index in [0.29, 0.717) is 5.57 Å². The highest BCUT2D eigenvalue weighted by Crippen LogP contribution is 2.25. The number of ether oxygens (including phenoxy) is 12. The van der Waals surface area contributed by atoms with E-state index in [-0.39, 0.29) is 79.3 Å². The molecule has 4 fully saturated rings. The van der Waals surface area contributed by atoms with Gasteiger partial charge in [0.15, 0.2) is 25.2 Å². The Bertz CT molecular complexity index is 1260. The van der Waals surface area contributed by atoms with Gasteiger partial charge in [-0.25, -0.2) is 0 Å². The fourth-order valence-corrected chi connectivity index (χ4v) is 6.86. The molecule has 16 N–H and O–H groups in total. The number of hydrogen-bond acceptors (Lipinski definition) is 28. The summed E-state index contributed by atoms with van der Waals surface area (Å²) in [5.74, 6) is 0. The van der Waals surface area contributed by atoms with E-state index >= 15 is 0 Å². The zero-order valence-electron chi connectivity index (χ0n) is 35.9. The smallest absolute Gasteiger partial charge is 0.186 e. The van der Waals surface area contributed by atoms with E-state index in [4.69, 9.17) is 56.8 Å². The minimum Gasteiger partial charge on any atom is -0.394 e. The molecular formula is C38H68O28. The van der Waals surface area contributed by atoms with Gasteiger partial charge in [0, 0.05) is 0 Å². The second-order valence-corrected chi connectivity index (χ2v) is 16.1. The van der Waals surface area contributed by atoms with Crippen molar-refractivity contribution in [2.24, 2.45) is 0 Å². The summed E-state index contributed by atoms with van der Waals surface area (Å²) in [4.78, 5) is 0. The van der Waals surface area contributed by atoms with E-state index in [1.807, 2.05) is 0 Å². The van der Waals surface area contributed by atoms with E-state index in [0.717, 1.165) is 0 Å². The number of rotatable bonds is 28. The van der Waals surface area contributed by atoms with Crippen LogP contribution in [0.2, 0.25) is 0 Å². The van der Waals surface area contributed by atoms with Crippen LogP contribution >= 0.6 is 0 Å². The van der Waals surface area contributed by atoms with Crippen molar-refractivity contribution in [2.75, 3.05) is 92.5 Å². The molecule has 66 heavy (non-hydrogen) atoms. The first-order chi connectivity index (χ1) is 31.4. The SMILES string of the molecule is C=C(COC(COCCO[C@H]1O[C@H](CO)[C@@H](O)[C@H](O)[C@@H]1O)COC[C@H]1O[C@H](O)[C@H](O)[C@@H](O)[C@H]1O)COC(COCCO[C@H]1O[C@H](CO)[C@@H](O)[C@H](O)[C@@H]1O)COC[C@H]1O[C@H](O)[C@H](O)[C@@H](O)[C@H]1O. The van der Waals surface area contributed by atoms with Gasteiger partial charge in [-0.2, -0.15) is 0 Å². The van der Waals surface area contributed by atoms with Gasteiger partial charge in [-0.15, -0.1) is 0 Å². The Morgan fingerprint density at radius 3 is 1.09 bits per heavy atom. The molecule has 4 rings (SSSR count). The topological polar surface area (TPSA) is 434 Å². The first kappa shape index (κ1) is 57.2. The highest BCUT2D eigenvalue weighted by molar-refractivity contribution is 4.96. The standard InChI is InChI=1S/C38H68O28/c1-16(8-61-17(12-57-14-21-25(43)27(45)31(49)35(53)63-21)10-55-2-4-59-37-33(51)29(47)23(41)19(6-39)65-37)9-62-18(13-58-15-22-26(44)28(46)32(50)36(54)64-22)11-56-3-5-60-38-34(52)30(48)24(42)20(7-40)66-38/h17-54H,1-15H2/t17?,18?,19-,20-,21-,22-,23-,24-,25+,26+,27+,28+,29+,30+,31-,32-,33+,34+,35+,36+,37+,38+/m1/s1. The lowest BCUT2D eigenvalue weighted by molar-refractivity contribution is -0.302. The molecule has 28 nitrogen and oxygen atoms in total. The highest BCUT2D eigenvalue weighted by Gasteiger charge is 2.46. The predicted molar refractivity (Wildman–Crippen MR) is 209 cm³/mol. The Morgan fingerprint density at radius 2 is 0.727 bits per heavy atom.